The van der Waals surface area contributed by atoms with Gasteiger partial charge in [-0.05, 0) is 82.3 Å². The summed E-state index contributed by atoms with van der Waals surface area (Å²) in [6.07, 6.45) is 1.68. The number of hydrogen-bond donors (Lipinski definition) is 1. The Morgan fingerprint density at radius 2 is 1.64 bits per heavy atom. The molecule has 7 heteroatoms. The lowest BCUT2D eigenvalue weighted by atomic mass is 9.86. The van der Waals surface area contributed by atoms with Crippen LogP contribution in [0.2, 0.25) is 10.0 Å². The molecular formula is C26H32Cl2N2O3. The van der Waals surface area contributed by atoms with E-state index in [1.165, 1.54) is 0 Å². The van der Waals surface area contributed by atoms with Crippen LogP contribution in [-0.4, -0.2) is 41.1 Å². The number of hydrogen-bond acceptors (Lipinski definition) is 3. The Kier molecular flexibility index (Phi) is 8.30. The molecule has 3 rings (SSSR count). The molecule has 3 atom stereocenters. The molecule has 0 saturated carbocycles. The third-order valence-electron chi connectivity index (χ3n) is 5.82. The molecule has 2 aromatic rings. The first kappa shape index (κ1) is 25.4. The molecule has 1 fully saturated rings. The molecule has 1 saturated heterocycles. The lowest BCUT2D eigenvalue weighted by Gasteiger charge is -2.30. The molecular weight excluding hydrogens is 459 g/mol. The summed E-state index contributed by atoms with van der Waals surface area (Å²) in [6.45, 7) is 8.00. The van der Waals surface area contributed by atoms with Gasteiger partial charge in [-0.3, -0.25) is 9.69 Å². The zero-order chi connectivity index (χ0) is 24.2. The minimum Gasteiger partial charge on any atom is -0.444 e. The van der Waals surface area contributed by atoms with Crippen LogP contribution in [0.5, 0.6) is 0 Å². The van der Waals surface area contributed by atoms with E-state index in [4.69, 9.17) is 27.9 Å². The third-order valence-corrected chi connectivity index (χ3v) is 6.33. The van der Waals surface area contributed by atoms with Gasteiger partial charge in [-0.25, -0.2) is 4.79 Å². The number of halogens is 2. The van der Waals surface area contributed by atoms with Crippen LogP contribution < -0.4 is 5.32 Å². The zero-order valence-electron chi connectivity index (χ0n) is 19.6. The number of likely N-dealkylation sites (tertiary alicyclic amines) is 1. The van der Waals surface area contributed by atoms with Crippen molar-refractivity contribution in [1.82, 2.24) is 10.2 Å². The van der Waals surface area contributed by atoms with Crippen LogP contribution in [0, 0.1) is 0 Å². The molecule has 0 bridgehead atoms. The topological polar surface area (TPSA) is 58.6 Å². The lowest BCUT2D eigenvalue weighted by molar-refractivity contribution is -0.126. The maximum absolute atomic E-state index is 13.2. The average Bonchev–Trinajstić information content (AvgIpc) is 3.23. The largest absolute Gasteiger partial charge is 0.444 e. The van der Waals surface area contributed by atoms with Crippen LogP contribution in [0.25, 0.3) is 0 Å². The maximum atomic E-state index is 13.2. The summed E-state index contributed by atoms with van der Waals surface area (Å²) in [4.78, 5) is 27.4. The highest BCUT2D eigenvalue weighted by Crippen LogP contribution is 2.28. The van der Waals surface area contributed by atoms with E-state index in [0.29, 0.717) is 23.0 Å². The van der Waals surface area contributed by atoms with Crippen molar-refractivity contribution >= 4 is 35.2 Å². The van der Waals surface area contributed by atoms with Crippen LogP contribution in [0.4, 0.5) is 4.79 Å². The fourth-order valence-corrected chi connectivity index (χ4v) is 4.42. The van der Waals surface area contributed by atoms with E-state index < -0.39 is 17.7 Å². The van der Waals surface area contributed by atoms with Gasteiger partial charge in [0, 0.05) is 28.5 Å². The van der Waals surface area contributed by atoms with Gasteiger partial charge in [0.25, 0.3) is 0 Å². The lowest BCUT2D eigenvalue weighted by Crippen LogP contribution is -2.50. The molecule has 1 N–H and O–H groups in total. The van der Waals surface area contributed by atoms with Gasteiger partial charge in [0.15, 0.2) is 0 Å². The summed E-state index contributed by atoms with van der Waals surface area (Å²) in [5, 5.41) is 4.52. The Labute approximate surface area is 206 Å². The highest BCUT2D eigenvalue weighted by atomic mass is 35.5. The van der Waals surface area contributed by atoms with E-state index in [-0.39, 0.29) is 17.9 Å². The van der Waals surface area contributed by atoms with Crippen LogP contribution in [0.15, 0.2) is 48.5 Å². The van der Waals surface area contributed by atoms with Crippen molar-refractivity contribution in [2.45, 2.75) is 70.6 Å². The predicted molar refractivity (Wildman–Crippen MR) is 133 cm³/mol. The van der Waals surface area contributed by atoms with E-state index in [1.807, 2.05) is 76.2 Å². The SMILES string of the molecule is CC(NC(=O)C1CCCN1C(=O)OC(C)(C)C)C(Cc1ccc(Cl)cc1)c1ccc(Cl)cc1. The monoisotopic (exact) mass is 490 g/mol. The minimum atomic E-state index is -0.605. The number of rotatable bonds is 6. The Balaban J connectivity index is 1.75. The van der Waals surface area contributed by atoms with E-state index in [9.17, 15) is 9.59 Å². The Hall–Kier alpha value is -2.24. The molecule has 1 aliphatic heterocycles. The summed E-state index contributed by atoms with van der Waals surface area (Å²) in [5.74, 6) is -0.135. The molecule has 1 heterocycles. The molecule has 1 aliphatic rings. The summed E-state index contributed by atoms with van der Waals surface area (Å²) in [5.41, 5.74) is 1.60. The van der Waals surface area contributed by atoms with Crippen LogP contribution in [0.3, 0.4) is 0 Å². The number of carbonyl (C=O) groups excluding carboxylic acids is 2. The minimum absolute atomic E-state index is 0.0174. The van der Waals surface area contributed by atoms with Crippen molar-refractivity contribution in [3.05, 3.63) is 69.7 Å². The summed E-state index contributed by atoms with van der Waals surface area (Å²) < 4.78 is 5.51. The van der Waals surface area contributed by atoms with Crippen molar-refractivity contribution in [2.75, 3.05) is 6.54 Å². The van der Waals surface area contributed by atoms with Crippen molar-refractivity contribution in [3.8, 4) is 0 Å². The van der Waals surface area contributed by atoms with Gasteiger partial charge in [0.05, 0.1) is 0 Å². The van der Waals surface area contributed by atoms with E-state index >= 15 is 0 Å². The molecule has 33 heavy (non-hydrogen) atoms. The Morgan fingerprint density at radius 1 is 1.06 bits per heavy atom. The predicted octanol–water partition coefficient (Wildman–Crippen LogP) is 6.22. The second kappa shape index (κ2) is 10.8. The molecule has 2 aromatic carbocycles. The first-order chi connectivity index (χ1) is 15.5. The summed E-state index contributed by atoms with van der Waals surface area (Å²) in [6, 6.07) is 14.8. The molecule has 0 aliphatic carbocycles. The fraction of sp³-hybridized carbons (Fsp3) is 0.462. The highest BCUT2D eigenvalue weighted by molar-refractivity contribution is 6.30. The van der Waals surface area contributed by atoms with Gasteiger partial charge in [0.2, 0.25) is 5.91 Å². The number of benzene rings is 2. The van der Waals surface area contributed by atoms with Crippen molar-refractivity contribution < 1.29 is 14.3 Å². The highest BCUT2D eigenvalue weighted by Gasteiger charge is 2.37. The quantitative estimate of drug-likeness (QED) is 0.522. The first-order valence-corrected chi connectivity index (χ1v) is 12.1. The number of nitrogens with zero attached hydrogens (tertiary/aromatic N) is 1. The zero-order valence-corrected chi connectivity index (χ0v) is 21.1. The number of ether oxygens (including phenoxy) is 1. The van der Waals surface area contributed by atoms with Crippen molar-refractivity contribution in [2.24, 2.45) is 0 Å². The standard InChI is InChI=1S/C26H32Cl2N2O3/c1-17(29-24(31)23-6-5-15-30(23)25(32)33-26(2,3)4)22(19-9-13-21(28)14-10-19)16-18-7-11-20(27)12-8-18/h7-14,17,22-23H,5-6,15-16H2,1-4H3,(H,29,31). The van der Waals surface area contributed by atoms with E-state index in [0.717, 1.165) is 24.0 Å². The molecule has 0 spiro atoms. The van der Waals surface area contributed by atoms with Gasteiger partial charge < -0.3 is 10.1 Å². The van der Waals surface area contributed by atoms with E-state index in [1.54, 1.807) is 4.90 Å². The van der Waals surface area contributed by atoms with Gasteiger partial charge in [-0.1, -0.05) is 47.5 Å². The number of amides is 2. The van der Waals surface area contributed by atoms with Crippen LogP contribution >= 0.6 is 23.2 Å². The first-order valence-electron chi connectivity index (χ1n) is 11.3. The molecule has 0 aromatic heterocycles. The smallest absolute Gasteiger partial charge is 0.410 e. The molecule has 3 unspecified atom stereocenters. The second-order valence-corrected chi connectivity index (χ2v) is 10.5. The van der Waals surface area contributed by atoms with Crippen molar-refractivity contribution in [1.29, 1.82) is 0 Å². The van der Waals surface area contributed by atoms with Gasteiger partial charge in [-0.15, -0.1) is 0 Å². The molecule has 5 nitrogen and oxygen atoms in total. The normalized spacial score (nSPS) is 18.0. The second-order valence-electron chi connectivity index (χ2n) is 9.62. The van der Waals surface area contributed by atoms with Crippen LogP contribution in [0.1, 0.15) is 57.6 Å². The van der Waals surface area contributed by atoms with Crippen LogP contribution in [-0.2, 0) is 16.0 Å². The fourth-order valence-electron chi connectivity index (χ4n) is 4.17. The Morgan fingerprint density at radius 3 is 2.21 bits per heavy atom. The number of carbonyl (C=O) groups is 2. The van der Waals surface area contributed by atoms with Gasteiger partial charge >= 0.3 is 6.09 Å². The van der Waals surface area contributed by atoms with Gasteiger partial charge in [-0.2, -0.15) is 0 Å². The average molecular weight is 491 g/mol. The Bertz CT molecular complexity index is 955. The third kappa shape index (κ3) is 7.12. The summed E-state index contributed by atoms with van der Waals surface area (Å²) >= 11 is 12.2. The molecule has 2 amide bonds. The number of nitrogens with one attached hydrogen (secondary N) is 1. The molecule has 0 radical (unpaired) electrons. The van der Waals surface area contributed by atoms with Gasteiger partial charge in [0.1, 0.15) is 11.6 Å². The maximum Gasteiger partial charge on any atom is 0.410 e. The van der Waals surface area contributed by atoms with E-state index in [2.05, 4.69) is 5.32 Å². The van der Waals surface area contributed by atoms with Crippen molar-refractivity contribution in [3.63, 3.8) is 0 Å². The molecule has 178 valence electrons. The summed E-state index contributed by atoms with van der Waals surface area (Å²) in [7, 11) is 0.